The number of benzene rings is 1. The zero-order valence-corrected chi connectivity index (χ0v) is 14.7. The normalized spacial score (nSPS) is 18.7. The lowest BCUT2D eigenvalue weighted by atomic mass is 10.1. The van der Waals surface area contributed by atoms with E-state index in [4.69, 9.17) is 0 Å². The lowest BCUT2D eigenvalue weighted by molar-refractivity contribution is 0.0989. The Balaban J connectivity index is 1.31. The summed E-state index contributed by atoms with van der Waals surface area (Å²) in [5.74, 6) is 1.09. The fourth-order valence-electron chi connectivity index (χ4n) is 3.28. The number of hydrogen-bond donors (Lipinski definition) is 2. The zero-order chi connectivity index (χ0) is 16.6. The van der Waals surface area contributed by atoms with Gasteiger partial charge in [-0.25, -0.2) is 0 Å². The molecule has 1 aliphatic heterocycles. The first-order valence-electron chi connectivity index (χ1n) is 9.57. The van der Waals surface area contributed by atoms with Crippen LogP contribution in [0, 0.1) is 5.92 Å². The van der Waals surface area contributed by atoms with Crippen LogP contribution in [0.1, 0.15) is 48.0 Å². The Morgan fingerprint density at radius 3 is 2.50 bits per heavy atom. The number of piperidine rings is 1. The van der Waals surface area contributed by atoms with Crippen LogP contribution in [0.15, 0.2) is 24.3 Å². The average molecular weight is 329 g/mol. The van der Waals surface area contributed by atoms with Crippen molar-refractivity contribution in [3.63, 3.8) is 0 Å². The van der Waals surface area contributed by atoms with Crippen LogP contribution in [0.25, 0.3) is 0 Å². The van der Waals surface area contributed by atoms with Crippen LogP contribution in [0.3, 0.4) is 0 Å². The maximum Gasteiger partial charge on any atom is 0.176 e. The van der Waals surface area contributed by atoms with Crippen molar-refractivity contribution in [2.75, 3.05) is 39.3 Å². The molecule has 1 aliphatic carbocycles. The van der Waals surface area contributed by atoms with Gasteiger partial charge in [-0.1, -0.05) is 30.7 Å². The van der Waals surface area contributed by atoms with E-state index >= 15 is 0 Å². The third-order valence-electron chi connectivity index (χ3n) is 5.07. The molecule has 0 aromatic heterocycles. The molecule has 24 heavy (non-hydrogen) atoms. The van der Waals surface area contributed by atoms with Gasteiger partial charge in [0.15, 0.2) is 5.78 Å². The number of carbonyl (C=O) groups excluding carboxylic acids is 1. The van der Waals surface area contributed by atoms with Crippen molar-refractivity contribution in [2.24, 2.45) is 5.92 Å². The summed E-state index contributed by atoms with van der Waals surface area (Å²) < 4.78 is 0. The van der Waals surface area contributed by atoms with Gasteiger partial charge in [-0.3, -0.25) is 4.79 Å². The second-order valence-corrected chi connectivity index (χ2v) is 7.27. The molecule has 2 N–H and O–H groups in total. The summed E-state index contributed by atoms with van der Waals surface area (Å²) in [4.78, 5) is 14.7. The maximum atomic E-state index is 12.2. The topological polar surface area (TPSA) is 44.4 Å². The van der Waals surface area contributed by atoms with Gasteiger partial charge in [0, 0.05) is 25.2 Å². The van der Waals surface area contributed by atoms with E-state index < -0.39 is 0 Å². The van der Waals surface area contributed by atoms with E-state index in [0.717, 1.165) is 37.7 Å². The molecular weight excluding hydrogens is 298 g/mol. The molecule has 2 aliphatic rings. The highest BCUT2D eigenvalue weighted by atomic mass is 16.1. The predicted octanol–water partition coefficient (Wildman–Crippen LogP) is 2.44. The van der Waals surface area contributed by atoms with Crippen LogP contribution >= 0.6 is 0 Å². The first-order chi connectivity index (χ1) is 11.8. The summed E-state index contributed by atoms with van der Waals surface area (Å²) in [7, 11) is 0. The molecular formula is C20H31N3O. The van der Waals surface area contributed by atoms with Gasteiger partial charge in [-0.05, 0) is 56.8 Å². The van der Waals surface area contributed by atoms with E-state index in [2.05, 4.69) is 27.7 Å². The Hall–Kier alpha value is -1.23. The molecule has 1 saturated heterocycles. The Morgan fingerprint density at radius 1 is 1.04 bits per heavy atom. The van der Waals surface area contributed by atoms with Crippen LogP contribution < -0.4 is 10.6 Å². The van der Waals surface area contributed by atoms with E-state index in [0.29, 0.717) is 6.54 Å². The second kappa shape index (κ2) is 9.30. The molecule has 0 unspecified atom stereocenters. The monoisotopic (exact) mass is 329 g/mol. The van der Waals surface area contributed by atoms with Gasteiger partial charge in [0.2, 0.25) is 0 Å². The van der Waals surface area contributed by atoms with E-state index in [9.17, 15) is 4.79 Å². The summed E-state index contributed by atoms with van der Waals surface area (Å²) in [6.07, 6.45) is 6.77. The Bertz CT molecular complexity index is 504. The van der Waals surface area contributed by atoms with Gasteiger partial charge in [0.1, 0.15) is 0 Å². The summed E-state index contributed by atoms with van der Waals surface area (Å²) in [6.45, 7) is 6.85. The summed E-state index contributed by atoms with van der Waals surface area (Å²) in [6, 6.07) is 8.06. The zero-order valence-electron chi connectivity index (χ0n) is 14.7. The summed E-state index contributed by atoms with van der Waals surface area (Å²) >= 11 is 0. The predicted molar refractivity (Wildman–Crippen MR) is 98.4 cm³/mol. The highest BCUT2D eigenvalue weighted by Gasteiger charge is 2.20. The Labute approximate surface area is 146 Å². The van der Waals surface area contributed by atoms with Crippen LogP contribution in [-0.2, 0) is 6.54 Å². The summed E-state index contributed by atoms with van der Waals surface area (Å²) in [5, 5.41) is 6.78. The van der Waals surface area contributed by atoms with Crippen molar-refractivity contribution in [3.8, 4) is 0 Å². The molecule has 0 amide bonds. The Kier molecular flexibility index (Phi) is 6.82. The minimum Gasteiger partial charge on any atom is -0.312 e. The molecule has 0 spiro atoms. The molecule has 132 valence electrons. The molecule has 1 aromatic rings. The third-order valence-corrected chi connectivity index (χ3v) is 5.07. The van der Waals surface area contributed by atoms with Gasteiger partial charge in [-0.15, -0.1) is 0 Å². The van der Waals surface area contributed by atoms with E-state index in [1.807, 2.05) is 12.1 Å². The van der Waals surface area contributed by atoms with Crippen LogP contribution in [0.4, 0.5) is 0 Å². The molecule has 0 atom stereocenters. The molecule has 2 fully saturated rings. The van der Waals surface area contributed by atoms with Gasteiger partial charge in [0.05, 0.1) is 6.54 Å². The molecule has 1 aromatic carbocycles. The van der Waals surface area contributed by atoms with Gasteiger partial charge < -0.3 is 15.5 Å². The highest BCUT2D eigenvalue weighted by Crippen LogP contribution is 2.27. The lowest BCUT2D eigenvalue weighted by Crippen LogP contribution is -2.37. The fourth-order valence-corrected chi connectivity index (χ4v) is 3.28. The third kappa shape index (κ3) is 6.00. The first-order valence-corrected chi connectivity index (χ1v) is 9.57. The van der Waals surface area contributed by atoms with Crippen molar-refractivity contribution < 1.29 is 4.79 Å². The maximum absolute atomic E-state index is 12.2. The fraction of sp³-hybridized carbons (Fsp3) is 0.650. The first kappa shape index (κ1) is 17.6. The van der Waals surface area contributed by atoms with E-state index in [1.54, 1.807) is 0 Å². The number of nitrogens with zero attached hydrogens (tertiary/aromatic N) is 1. The summed E-state index contributed by atoms with van der Waals surface area (Å²) in [5.41, 5.74) is 2.07. The van der Waals surface area contributed by atoms with E-state index in [1.165, 1.54) is 50.8 Å². The average Bonchev–Trinajstić information content (AvgIpc) is 3.44. The molecule has 4 nitrogen and oxygen atoms in total. The SMILES string of the molecule is O=C(CNCCN1CCCCC1)c1ccc(CNCC2CC2)cc1. The molecule has 4 heteroatoms. The highest BCUT2D eigenvalue weighted by molar-refractivity contribution is 5.97. The number of rotatable bonds is 10. The van der Waals surface area contributed by atoms with E-state index in [-0.39, 0.29) is 5.78 Å². The number of ketones is 1. The van der Waals surface area contributed by atoms with Crippen LogP contribution in [0.5, 0.6) is 0 Å². The number of likely N-dealkylation sites (tertiary alicyclic amines) is 1. The lowest BCUT2D eigenvalue weighted by Gasteiger charge is -2.26. The van der Waals surface area contributed by atoms with Crippen LogP contribution in [0.2, 0.25) is 0 Å². The smallest absolute Gasteiger partial charge is 0.176 e. The van der Waals surface area contributed by atoms with Crippen molar-refractivity contribution in [2.45, 2.75) is 38.6 Å². The van der Waals surface area contributed by atoms with Crippen molar-refractivity contribution >= 4 is 5.78 Å². The van der Waals surface area contributed by atoms with Crippen LogP contribution in [-0.4, -0.2) is 50.0 Å². The van der Waals surface area contributed by atoms with Gasteiger partial charge in [-0.2, -0.15) is 0 Å². The second-order valence-electron chi connectivity index (χ2n) is 7.27. The van der Waals surface area contributed by atoms with Gasteiger partial charge >= 0.3 is 0 Å². The molecule has 1 heterocycles. The van der Waals surface area contributed by atoms with Crippen molar-refractivity contribution in [3.05, 3.63) is 35.4 Å². The standard InChI is InChI=1S/C20H31N3O/c24-20(16-21-10-13-23-11-2-1-3-12-23)19-8-6-18(7-9-19)15-22-14-17-4-5-17/h6-9,17,21-22H,1-5,10-16H2. The van der Waals surface area contributed by atoms with Gasteiger partial charge in [0.25, 0.3) is 0 Å². The number of hydrogen-bond acceptors (Lipinski definition) is 4. The quantitative estimate of drug-likeness (QED) is 0.511. The minimum absolute atomic E-state index is 0.186. The number of Topliss-reactive ketones (excluding diaryl/α,β-unsaturated/α-hetero) is 1. The molecule has 3 rings (SSSR count). The Morgan fingerprint density at radius 2 is 1.79 bits per heavy atom. The number of nitrogens with one attached hydrogen (secondary N) is 2. The minimum atomic E-state index is 0.186. The van der Waals surface area contributed by atoms with Crippen molar-refractivity contribution in [1.29, 1.82) is 0 Å². The molecule has 0 radical (unpaired) electrons. The van der Waals surface area contributed by atoms with Crippen molar-refractivity contribution in [1.82, 2.24) is 15.5 Å². The molecule has 1 saturated carbocycles. The number of carbonyl (C=O) groups is 1. The molecule has 0 bridgehead atoms. The largest absolute Gasteiger partial charge is 0.312 e.